The van der Waals surface area contributed by atoms with Crippen LogP contribution >= 0.6 is 11.8 Å². The molecule has 1 aliphatic heterocycles. The van der Waals surface area contributed by atoms with Crippen molar-refractivity contribution in [1.82, 2.24) is 0 Å². The van der Waals surface area contributed by atoms with Crippen LogP contribution in [0.4, 0.5) is 5.69 Å². The van der Waals surface area contributed by atoms with E-state index in [9.17, 15) is 4.79 Å². The van der Waals surface area contributed by atoms with E-state index >= 15 is 0 Å². The number of carbonyl (C=O) groups excluding carboxylic acids is 1. The number of nitrogens with zero attached hydrogens (tertiary/aromatic N) is 1. The van der Waals surface area contributed by atoms with Crippen molar-refractivity contribution in [3.05, 3.63) is 60.2 Å². The van der Waals surface area contributed by atoms with Crippen LogP contribution in [0.15, 0.2) is 59.5 Å². The number of hydrogen-bond donors (Lipinski definition) is 0. The summed E-state index contributed by atoms with van der Waals surface area (Å²) in [5.74, 6) is 0.188. The highest BCUT2D eigenvalue weighted by Gasteiger charge is 2.30. The number of amides is 1. The topological polar surface area (TPSA) is 20.3 Å². The molecule has 2 nitrogen and oxygen atoms in total. The van der Waals surface area contributed by atoms with Gasteiger partial charge in [-0.15, -0.1) is 11.8 Å². The Morgan fingerprint density at radius 1 is 1.05 bits per heavy atom. The van der Waals surface area contributed by atoms with E-state index in [2.05, 4.69) is 18.2 Å². The molecular weight excluding hydrogens is 254 g/mol. The average Bonchev–Trinajstić information content (AvgIpc) is 2.45. The summed E-state index contributed by atoms with van der Waals surface area (Å²) in [6.45, 7) is 2.61. The SMILES string of the molecule is CC1Sc2ccccc2N(Cc2ccccc2)C1=O. The van der Waals surface area contributed by atoms with E-state index in [0.29, 0.717) is 6.54 Å². The average molecular weight is 269 g/mol. The van der Waals surface area contributed by atoms with Crippen LogP contribution in [0.1, 0.15) is 12.5 Å². The minimum absolute atomic E-state index is 0.0152. The predicted octanol–water partition coefficient (Wildman–Crippen LogP) is 3.71. The summed E-state index contributed by atoms with van der Waals surface area (Å²) in [6, 6.07) is 18.2. The van der Waals surface area contributed by atoms with Crippen LogP contribution in [-0.2, 0) is 11.3 Å². The van der Waals surface area contributed by atoms with Crippen LogP contribution < -0.4 is 4.90 Å². The van der Waals surface area contributed by atoms with Gasteiger partial charge in [0, 0.05) is 4.90 Å². The molecule has 1 amide bonds. The lowest BCUT2D eigenvalue weighted by atomic mass is 10.1. The van der Waals surface area contributed by atoms with Gasteiger partial charge in [0.05, 0.1) is 17.5 Å². The molecule has 0 spiro atoms. The molecule has 0 bridgehead atoms. The first-order valence-corrected chi connectivity index (χ1v) is 7.24. The van der Waals surface area contributed by atoms with Crippen LogP contribution in [-0.4, -0.2) is 11.2 Å². The smallest absolute Gasteiger partial charge is 0.240 e. The second-order valence-electron chi connectivity index (χ2n) is 4.64. The van der Waals surface area contributed by atoms with Gasteiger partial charge in [-0.1, -0.05) is 42.5 Å². The Labute approximate surface area is 117 Å². The minimum atomic E-state index is -0.0152. The number of hydrogen-bond acceptors (Lipinski definition) is 2. The molecule has 0 radical (unpaired) electrons. The lowest BCUT2D eigenvalue weighted by Crippen LogP contribution is -2.39. The van der Waals surface area contributed by atoms with Crippen molar-refractivity contribution < 1.29 is 4.79 Å². The summed E-state index contributed by atoms with van der Waals surface area (Å²) in [6.07, 6.45) is 0. The number of anilines is 1. The monoisotopic (exact) mass is 269 g/mol. The Morgan fingerprint density at radius 2 is 1.74 bits per heavy atom. The summed E-state index contributed by atoms with van der Waals surface area (Å²) in [5, 5.41) is -0.0152. The highest BCUT2D eigenvalue weighted by atomic mass is 32.2. The van der Waals surface area contributed by atoms with Gasteiger partial charge in [0.2, 0.25) is 5.91 Å². The van der Waals surface area contributed by atoms with E-state index in [0.717, 1.165) is 11.3 Å². The quantitative estimate of drug-likeness (QED) is 0.828. The fraction of sp³-hybridized carbons (Fsp3) is 0.188. The van der Waals surface area contributed by atoms with Crippen molar-refractivity contribution >= 4 is 23.4 Å². The summed E-state index contributed by atoms with van der Waals surface area (Å²) in [7, 11) is 0. The zero-order chi connectivity index (χ0) is 13.2. The van der Waals surface area contributed by atoms with Crippen LogP contribution in [0.5, 0.6) is 0 Å². The fourth-order valence-corrected chi connectivity index (χ4v) is 3.35. The van der Waals surface area contributed by atoms with Gasteiger partial charge < -0.3 is 4.90 Å². The Kier molecular flexibility index (Phi) is 3.30. The molecule has 2 aromatic carbocycles. The molecule has 0 saturated heterocycles. The van der Waals surface area contributed by atoms with Gasteiger partial charge in [-0.2, -0.15) is 0 Å². The van der Waals surface area contributed by atoms with E-state index in [4.69, 9.17) is 0 Å². The standard InChI is InChI=1S/C16H15NOS/c1-12-16(18)17(11-13-7-3-2-4-8-13)14-9-5-6-10-15(14)19-12/h2-10,12H,11H2,1H3. The zero-order valence-electron chi connectivity index (χ0n) is 10.7. The molecule has 0 aliphatic carbocycles. The Bertz CT molecular complexity index is 597. The molecule has 0 aromatic heterocycles. The molecule has 1 aliphatic rings. The van der Waals surface area contributed by atoms with Crippen LogP contribution in [0.3, 0.4) is 0 Å². The van der Waals surface area contributed by atoms with Crippen molar-refractivity contribution in [2.45, 2.75) is 23.6 Å². The molecule has 3 rings (SSSR count). The number of thioether (sulfide) groups is 1. The predicted molar refractivity (Wildman–Crippen MR) is 79.4 cm³/mol. The van der Waals surface area contributed by atoms with Gasteiger partial charge in [0.1, 0.15) is 0 Å². The largest absolute Gasteiger partial charge is 0.306 e. The van der Waals surface area contributed by atoms with Crippen LogP contribution in [0.25, 0.3) is 0 Å². The molecule has 0 fully saturated rings. The molecule has 3 heteroatoms. The molecule has 0 N–H and O–H groups in total. The highest BCUT2D eigenvalue weighted by molar-refractivity contribution is 8.00. The van der Waals surface area contributed by atoms with Gasteiger partial charge in [-0.3, -0.25) is 4.79 Å². The lowest BCUT2D eigenvalue weighted by molar-refractivity contribution is -0.118. The first-order valence-electron chi connectivity index (χ1n) is 6.37. The van der Waals surface area contributed by atoms with Crippen molar-refractivity contribution in [2.75, 3.05) is 4.90 Å². The maximum absolute atomic E-state index is 12.4. The van der Waals surface area contributed by atoms with E-state index in [1.54, 1.807) is 11.8 Å². The van der Waals surface area contributed by atoms with Gasteiger partial charge in [-0.25, -0.2) is 0 Å². The number of fused-ring (bicyclic) bond motifs is 1. The number of para-hydroxylation sites is 1. The second-order valence-corrected chi connectivity index (χ2v) is 6.02. The van der Waals surface area contributed by atoms with Gasteiger partial charge in [0.15, 0.2) is 0 Å². The van der Waals surface area contributed by atoms with Gasteiger partial charge >= 0.3 is 0 Å². The maximum Gasteiger partial charge on any atom is 0.240 e. The second kappa shape index (κ2) is 5.10. The summed E-state index contributed by atoms with van der Waals surface area (Å²) in [4.78, 5) is 15.5. The molecule has 1 atom stereocenters. The summed E-state index contributed by atoms with van der Waals surface area (Å²) < 4.78 is 0. The Balaban J connectivity index is 1.97. The molecule has 0 saturated carbocycles. The number of carbonyl (C=O) groups is 1. The number of benzene rings is 2. The number of rotatable bonds is 2. The van der Waals surface area contributed by atoms with E-state index < -0.39 is 0 Å². The first-order chi connectivity index (χ1) is 9.25. The third kappa shape index (κ3) is 2.38. The van der Waals surface area contributed by atoms with Crippen molar-refractivity contribution in [1.29, 1.82) is 0 Å². The first kappa shape index (κ1) is 12.3. The molecular formula is C16H15NOS. The van der Waals surface area contributed by atoms with E-state index in [-0.39, 0.29) is 11.2 Å². The van der Waals surface area contributed by atoms with Crippen molar-refractivity contribution in [2.24, 2.45) is 0 Å². The lowest BCUT2D eigenvalue weighted by Gasteiger charge is -2.32. The summed E-state index contributed by atoms with van der Waals surface area (Å²) in [5.41, 5.74) is 2.18. The van der Waals surface area contributed by atoms with Crippen molar-refractivity contribution in [3.8, 4) is 0 Å². The normalized spacial score (nSPS) is 18.3. The zero-order valence-corrected chi connectivity index (χ0v) is 11.6. The third-order valence-corrected chi connectivity index (χ3v) is 4.41. The minimum Gasteiger partial charge on any atom is -0.306 e. The highest BCUT2D eigenvalue weighted by Crippen LogP contribution is 2.39. The van der Waals surface area contributed by atoms with Crippen LogP contribution in [0.2, 0.25) is 0 Å². The molecule has 96 valence electrons. The Hall–Kier alpha value is -1.74. The fourth-order valence-electron chi connectivity index (χ4n) is 2.29. The Morgan fingerprint density at radius 3 is 2.53 bits per heavy atom. The third-order valence-electron chi connectivity index (χ3n) is 3.26. The van der Waals surface area contributed by atoms with Gasteiger partial charge in [0.25, 0.3) is 0 Å². The van der Waals surface area contributed by atoms with Crippen LogP contribution in [0, 0.1) is 0 Å². The van der Waals surface area contributed by atoms with E-state index in [1.165, 1.54) is 4.90 Å². The molecule has 2 aromatic rings. The summed E-state index contributed by atoms with van der Waals surface area (Å²) >= 11 is 1.64. The maximum atomic E-state index is 12.4. The van der Waals surface area contributed by atoms with Gasteiger partial charge in [-0.05, 0) is 24.6 Å². The van der Waals surface area contributed by atoms with E-state index in [1.807, 2.05) is 48.2 Å². The molecule has 19 heavy (non-hydrogen) atoms. The molecule has 1 heterocycles. The molecule has 1 unspecified atom stereocenters. The van der Waals surface area contributed by atoms with Crippen molar-refractivity contribution in [3.63, 3.8) is 0 Å².